The van der Waals surface area contributed by atoms with Gasteiger partial charge in [0, 0.05) is 11.4 Å². The van der Waals surface area contributed by atoms with Gasteiger partial charge in [-0.3, -0.25) is 0 Å². The minimum absolute atomic E-state index is 0.156. The molecule has 0 spiro atoms. The van der Waals surface area contributed by atoms with Crippen molar-refractivity contribution in [2.45, 2.75) is 18.3 Å². The maximum atomic E-state index is 13.5. The average Bonchev–Trinajstić information content (AvgIpc) is 2.61. The van der Waals surface area contributed by atoms with Crippen LogP contribution >= 0.6 is 0 Å². The molecule has 0 saturated carbocycles. The molecule has 0 bridgehead atoms. The van der Waals surface area contributed by atoms with Crippen LogP contribution in [0.1, 0.15) is 11.5 Å². The molecule has 3 aromatic carbocycles. The lowest BCUT2D eigenvalue weighted by molar-refractivity contribution is -0.253. The zero-order valence-corrected chi connectivity index (χ0v) is 14.9. The number of rotatable bonds is 3. The largest absolute Gasteiger partial charge is 0.404 e. The molecule has 3 rings (SSSR count). The van der Waals surface area contributed by atoms with Crippen LogP contribution in [0.2, 0.25) is 0 Å². The van der Waals surface area contributed by atoms with Gasteiger partial charge < -0.3 is 11.5 Å². The summed E-state index contributed by atoms with van der Waals surface area (Å²) in [6.07, 6.45) is -11.0. The molecule has 2 nitrogen and oxygen atoms in total. The van der Waals surface area contributed by atoms with Gasteiger partial charge in [0.05, 0.1) is 0 Å². The van der Waals surface area contributed by atoms with Crippen molar-refractivity contribution in [2.75, 3.05) is 11.5 Å². The Kier molecular flexibility index (Phi) is 5.21. The molecular formula is C21H16F6N2. The molecule has 0 radical (unpaired) electrons. The Morgan fingerprint density at radius 1 is 0.586 bits per heavy atom. The Labute approximate surface area is 162 Å². The molecular weight excluding hydrogens is 394 g/mol. The van der Waals surface area contributed by atoms with Crippen molar-refractivity contribution in [3.05, 3.63) is 72.3 Å². The fraction of sp³-hybridized carbons (Fsp3) is 0.143. The van der Waals surface area contributed by atoms with Crippen LogP contribution in [0.15, 0.2) is 66.7 Å². The third-order valence-electron chi connectivity index (χ3n) is 4.48. The minimum Gasteiger partial charge on any atom is -0.399 e. The second-order valence-corrected chi connectivity index (χ2v) is 6.53. The summed E-state index contributed by atoms with van der Waals surface area (Å²) in [7, 11) is 0. The van der Waals surface area contributed by atoms with Crippen molar-refractivity contribution in [2.24, 2.45) is 0 Å². The fourth-order valence-electron chi connectivity index (χ4n) is 3.22. The van der Waals surface area contributed by atoms with Crippen LogP contribution < -0.4 is 11.5 Å². The zero-order valence-electron chi connectivity index (χ0n) is 14.9. The summed E-state index contributed by atoms with van der Waals surface area (Å²) in [5.74, 6) is -3.63. The molecule has 0 heterocycles. The van der Waals surface area contributed by atoms with E-state index in [1.54, 1.807) is 12.1 Å². The van der Waals surface area contributed by atoms with Gasteiger partial charge in [0.15, 0.2) is 5.92 Å². The number of nitrogen functional groups attached to an aromatic ring is 2. The molecule has 0 amide bonds. The van der Waals surface area contributed by atoms with Crippen molar-refractivity contribution >= 4 is 11.4 Å². The van der Waals surface area contributed by atoms with Crippen LogP contribution in [0.5, 0.6) is 0 Å². The zero-order chi connectivity index (χ0) is 21.4. The van der Waals surface area contributed by atoms with Crippen LogP contribution in [-0.4, -0.2) is 12.4 Å². The molecule has 0 aliphatic heterocycles. The van der Waals surface area contributed by atoms with E-state index in [0.717, 1.165) is 6.07 Å². The highest BCUT2D eigenvalue weighted by atomic mass is 19.4. The van der Waals surface area contributed by atoms with Crippen molar-refractivity contribution in [1.82, 2.24) is 0 Å². The molecule has 8 heteroatoms. The first-order valence-electron chi connectivity index (χ1n) is 8.46. The van der Waals surface area contributed by atoms with Crippen LogP contribution in [-0.2, 0) is 0 Å². The fourth-order valence-corrected chi connectivity index (χ4v) is 3.22. The van der Waals surface area contributed by atoms with Gasteiger partial charge in [0.25, 0.3) is 0 Å². The molecule has 0 aliphatic rings. The first-order valence-corrected chi connectivity index (χ1v) is 8.46. The summed E-state index contributed by atoms with van der Waals surface area (Å²) in [5, 5.41) is 0. The molecule has 0 unspecified atom stereocenters. The highest BCUT2D eigenvalue weighted by Gasteiger charge is 2.58. The number of alkyl halides is 6. The molecule has 3 aromatic rings. The van der Waals surface area contributed by atoms with Gasteiger partial charge in [0.2, 0.25) is 0 Å². The Hall–Kier alpha value is -3.16. The number of nitrogens with two attached hydrogens (primary N) is 2. The molecule has 0 fully saturated rings. The van der Waals surface area contributed by atoms with Crippen LogP contribution in [0.25, 0.3) is 22.3 Å². The number of halogens is 6. The van der Waals surface area contributed by atoms with Gasteiger partial charge in [-0.1, -0.05) is 42.5 Å². The summed E-state index contributed by atoms with van der Waals surface area (Å²) in [6.45, 7) is 0. The van der Waals surface area contributed by atoms with E-state index >= 15 is 0 Å². The van der Waals surface area contributed by atoms with Gasteiger partial charge in [-0.2, -0.15) is 26.3 Å². The molecule has 0 saturated heterocycles. The monoisotopic (exact) mass is 410 g/mol. The van der Waals surface area contributed by atoms with Gasteiger partial charge in [-0.05, 0) is 52.1 Å². The first kappa shape index (κ1) is 20.6. The normalized spacial score (nSPS) is 12.4. The maximum absolute atomic E-state index is 13.5. The minimum atomic E-state index is -5.51. The smallest absolute Gasteiger partial charge is 0.399 e. The quantitative estimate of drug-likeness (QED) is 0.388. The van der Waals surface area contributed by atoms with E-state index in [-0.39, 0.29) is 16.7 Å². The van der Waals surface area contributed by atoms with E-state index in [4.69, 9.17) is 11.5 Å². The number of anilines is 2. The van der Waals surface area contributed by atoms with Crippen LogP contribution in [0, 0.1) is 0 Å². The van der Waals surface area contributed by atoms with Crippen LogP contribution in [0.3, 0.4) is 0 Å². The molecule has 152 valence electrons. The van der Waals surface area contributed by atoms with Gasteiger partial charge in [-0.25, -0.2) is 0 Å². The molecule has 4 N–H and O–H groups in total. The molecule has 29 heavy (non-hydrogen) atoms. The van der Waals surface area contributed by atoms with Crippen molar-refractivity contribution in [3.63, 3.8) is 0 Å². The van der Waals surface area contributed by atoms with Crippen molar-refractivity contribution in [3.8, 4) is 22.3 Å². The third kappa shape index (κ3) is 4.31. The highest BCUT2D eigenvalue weighted by Crippen LogP contribution is 2.50. The maximum Gasteiger partial charge on any atom is 0.404 e. The Balaban J connectivity index is 2.36. The standard InChI is InChI=1S/C21H16F6N2/c22-20(23,24)19(21(25,26)27)17-3-1-2-16(12-4-8-14(28)9-5-12)18(17)13-6-10-15(29)11-7-13/h1-11,19H,28-29H2. The predicted octanol–water partition coefficient (Wildman–Crippen LogP) is 6.39. The second kappa shape index (κ2) is 7.35. The second-order valence-electron chi connectivity index (χ2n) is 6.53. The van der Waals surface area contributed by atoms with Crippen molar-refractivity contribution in [1.29, 1.82) is 0 Å². The van der Waals surface area contributed by atoms with Gasteiger partial charge in [0.1, 0.15) is 0 Å². The summed E-state index contributed by atoms with van der Waals surface area (Å²) in [5.41, 5.74) is 11.9. The lowest BCUT2D eigenvalue weighted by Gasteiger charge is -2.27. The molecule has 0 atom stereocenters. The summed E-state index contributed by atoms with van der Waals surface area (Å²) in [6, 6.07) is 15.3. The van der Waals surface area contributed by atoms with Crippen LogP contribution in [0.4, 0.5) is 37.7 Å². The third-order valence-corrected chi connectivity index (χ3v) is 4.48. The summed E-state index contributed by atoms with van der Waals surface area (Å²) >= 11 is 0. The lowest BCUT2D eigenvalue weighted by Crippen LogP contribution is -2.34. The van der Waals surface area contributed by atoms with E-state index in [1.807, 2.05) is 0 Å². The van der Waals surface area contributed by atoms with Gasteiger partial charge >= 0.3 is 12.4 Å². The number of hydrogen-bond donors (Lipinski definition) is 2. The SMILES string of the molecule is Nc1ccc(-c2cccc(C(C(F)(F)F)C(F)(F)F)c2-c2ccc(N)cc2)cc1. The molecule has 0 aromatic heterocycles. The number of benzene rings is 3. The first-order chi connectivity index (χ1) is 13.5. The lowest BCUT2D eigenvalue weighted by atomic mass is 9.84. The van der Waals surface area contributed by atoms with E-state index in [1.165, 1.54) is 48.5 Å². The molecule has 0 aliphatic carbocycles. The van der Waals surface area contributed by atoms with Gasteiger partial charge in [-0.15, -0.1) is 0 Å². The topological polar surface area (TPSA) is 52.0 Å². The van der Waals surface area contributed by atoms with E-state index in [2.05, 4.69) is 0 Å². The van der Waals surface area contributed by atoms with E-state index in [0.29, 0.717) is 16.9 Å². The van der Waals surface area contributed by atoms with Crippen molar-refractivity contribution < 1.29 is 26.3 Å². The number of hydrogen-bond acceptors (Lipinski definition) is 2. The predicted molar refractivity (Wildman–Crippen MR) is 101 cm³/mol. The summed E-state index contributed by atoms with van der Waals surface area (Å²) in [4.78, 5) is 0. The highest BCUT2D eigenvalue weighted by molar-refractivity contribution is 5.87. The Bertz CT molecular complexity index is 976. The Morgan fingerprint density at radius 2 is 1.03 bits per heavy atom. The van der Waals surface area contributed by atoms with E-state index in [9.17, 15) is 26.3 Å². The Morgan fingerprint density at radius 3 is 1.48 bits per heavy atom. The van der Waals surface area contributed by atoms with E-state index < -0.39 is 23.8 Å². The summed E-state index contributed by atoms with van der Waals surface area (Å²) < 4.78 is 81.0. The average molecular weight is 410 g/mol.